The zero-order valence-corrected chi connectivity index (χ0v) is 47.3. The number of rotatable bonds is 52. The van der Waals surface area contributed by atoms with Crippen molar-refractivity contribution in [1.82, 2.24) is 0 Å². The van der Waals surface area contributed by atoms with Gasteiger partial charge >= 0.3 is 17.9 Å². The predicted octanol–water partition coefficient (Wildman–Crippen LogP) is 17.1. The summed E-state index contributed by atoms with van der Waals surface area (Å²) in [6.45, 7) is 4.70. The zero-order chi connectivity index (χ0) is 53.4. The number of ether oxygens (including phenoxy) is 4. The summed E-state index contributed by atoms with van der Waals surface area (Å²) in [5, 5.41) is 9.70. The van der Waals surface area contributed by atoms with Crippen LogP contribution in [0.4, 0.5) is 0 Å². The van der Waals surface area contributed by atoms with E-state index in [0.717, 1.165) is 89.9 Å². The molecule has 2 unspecified atom stereocenters. The number of aliphatic carboxylic acids is 1. The summed E-state index contributed by atoms with van der Waals surface area (Å²) < 4.78 is 22.8. The Balaban J connectivity index is 4.36. The Kier molecular flexibility index (Phi) is 51.2. The van der Waals surface area contributed by atoms with Gasteiger partial charge in [-0.3, -0.25) is 9.59 Å². The van der Waals surface area contributed by atoms with Gasteiger partial charge in [-0.25, -0.2) is 4.79 Å². The Morgan fingerprint density at radius 1 is 0.425 bits per heavy atom. The molecule has 73 heavy (non-hydrogen) atoms. The molecule has 2 atom stereocenters. The maximum atomic E-state index is 12.9. The van der Waals surface area contributed by atoms with Gasteiger partial charge in [0.1, 0.15) is 13.2 Å². The van der Waals surface area contributed by atoms with E-state index >= 15 is 0 Å². The van der Waals surface area contributed by atoms with E-state index in [9.17, 15) is 19.5 Å². The Morgan fingerprint density at radius 3 is 1.18 bits per heavy atom. The second kappa shape index (κ2) is 54.2. The SMILES string of the molecule is CC/C=C\C/C=C\C/C=C\C/C=C\C/C=C\C/C=C\C/C=C\CCCCCC(=O)OC(COC(=O)CCCCCCCCCCCCC/C=C\C/C=C\CCCCCCC)COC(OCC[N+](C)(C)C)C(=O)O. The lowest BCUT2D eigenvalue weighted by atomic mass is 10.0. The van der Waals surface area contributed by atoms with Crippen LogP contribution in [0.3, 0.4) is 0 Å². The van der Waals surface area contributed by atoms with E-state index < -0.39 is 24.3 Å². The normalized spacial score (nSPS) is 13.6. The van der Waals surface area contributed by atoms with Crippen LogP contribution in [0.2, 0.25) is 0 Å². The predicted molar refractivity (Wildman–Crippen MR) is 308 cm³/mol. The molecular formula is C64H108NO8+. The summed E-state index contributed by atoms with van der Waals surface area (Å²) in [7, 11) is 5.95. The number of carbonyl (C=O) groups excluding carboxylic acids is 2. The molecule has 0 bridgehead atoms. The monoisotopic (exact) mass is 1020 g/mol. The second-order valence-electron chi connectivity index (χ2n) is 20.2. The fraction of sp³-hybridized carbons (Fsp3) is 0.672. The Labute approximate surface area is 447 Å². The van der Waals surface area contributed by atoms with Gasteiger partial charge in [-0.05, 0) is 103 Å². The Hall–Kier alpha value is -4.05. The van der Waals surface area contributed by atoms with Crippen LogP contribution in [0, 0.1) is 0 Å². The third kappa shape index (κ3) is 55.5. The zero-order valence-electron chi connectivity index (χ0n) is 47.3. The molecule has 9 nitrogen and oxygen atoms in total. The molecule has 416 valence electrons. The van der Waals surface area contributed by atoms with E-state index in [0.29, 0.717) is 17.4 Å². The number of esters is 2. The van der Waals surface area contributed by atoms with Crippen molar-refractivity contribution in [2.75, 3.05) is 47.5 Å². The molecule has 0 amide bonds. The van der Waals surface area contributed by atoms with Gasteiger partial charge in [0.05, 0.1) is 34.4 Å². The highest BCUT2D eigenvalue weighted by molar-refractivity contribution is 5.71. The van der Waals surface area contributed by atoms with Gasteiger partial charge in [-0.1, -0.05) is 213 Å². The van der Waals surface area contributed by atoms with Gasteiger partial charge in [0.25, 0.3) is 6.29 Å². The summed E-state index contributed by atoms with van der Waals surface area (Å²) in [4.78, 5) is 37.4. The number of carboxylic acid groups (broad SMARTS) is 1. The van der Waals surface area contributed by atoms with Crippen LogP contribution in [0.25, 0.3) is 0 Å². The van der Waals surface area contributed by atoms with Crippen molar-refractivity contribution >= 4 is 17.9 Å². The van der Waals surface area contributed by atoms with Crippen molar-refractivity contribution < 1.29 is 42.9 Å². The maximum absolute atomic E-state index is 12.9. The number of hydrogen-bond donors (Lipinski definition) is 1. The van der Waals surface area contributed by atoms with Gasteiger partial charge < -0.3 is 28.5 Å². The number of quaternary nitrogens is 1. The first-order valence-corrected chi connectivity index (χ1v) is 29.1. The van der Waals surface area contributed by atoms with Gasteiger partial charge in [0.15, 0.2) is 6.10 Å². The molecule has 0 fully saturated rings. The van der Waals surface area contributed by atoms with Crippen molar-refractivity contribution in [2.24, 2.45) is 0 Å². The van der Waals surface area contributed by atoms with Crippen molar-refractivity contribution in [3.05, 3.63) is 109 Å². The molecule has 0 aromatic heterocycles. The van der Waals surface area contributed by atoms with Crippen LogP contribution >= 0.6 is 0 Å². The van der Waals surface area contributed by atoms with Gasteiger partial charge in [-0.15, -0.1) is 0 Å². The molecule has 0 aliphatic heterocycles. The topological polar surface area (TPSA) is 108 Å². The number of allylic oxidation sites excluding steroid dienone is 18. The highest BCUT2D eigenvalue weighted by Gasteiger charge is 2.25. The van der Waals surface area contributed by atoms with Crippen LogP contribution in [-0.2, 0) is 33.3 Å². The van der Waals surface area contributed by atoms with Crippen LogP contribution in [0.1, 0.15) is 219 Å². The summed E-state index contributed by atoms with van der Waals surface area (Å²) in [6, 6.07) is 0. The molecule has 0 spiro atoms. The highest BCUT2D eigenvalue weighted by atomic mass is 16.7. The fourth-order valence-electron chi connectivity index (χ4n) is 7.55. The average molecular weight is 1020 g/mol. The van der Waals surface area contributed by atoms with E-state index in [1.165, 1.54) is 96.3 Å². The summed E-state index contributed by atoms with van der Waals surface area (Å²) >= 11 is 0. The third-order valence-electron chi connectivity index (χ3n) is 12.0. The number of likely N-dealkylation sites (N-methyl/N-ethyl adjacent to an activating group) is 1. The molecule has 0 aromatic carbocycles. The largest absolute Gasteiger partial charge is 0.477 e. The lowest BCUT2D eigenvalue weighted by molar-refractivity contribution is -0.870. The Bertz CT molecular complexity index is 1560. The van der Waals surface area contributed by atoms with E-state index in [-0.39, 0.29) is 38.6 Å². The molecule has 0 heterocycles. The molecule has 0 saturated heterocycles. The average Bonchev–Trinajstić information content (AvgIpc) is 3.36. The van der Waals surface area contributed by atoms with Crippen molar-refractivity contribution in [1.29, 1.82) is 0 Å². The number of nitrogens with zero attached hydrogens (tertiary/aromatic N) is 1. The Morgan fingerprint density at radius 2 is 0.781 bits per heavy atom. The molecule has 0 rings (SSSR count). The standard InChI is InChI=1S/C64H107NO8/c1-6-8-10-12-14-16-18-20-22-24-26-28-30-31-33-35-37-39-41-43-45-47-49-51-53-55-62(67)73-60(59-72-64(63(68)69)70-57-56-65(3,4)5)58-71-61(66)54-52-50-48-46-44-42-40-38-36-34-32-29-27-25-23-21-19-17-15-13-11-9-7-2/h8,10,14,16,19-22,25-28,31,33,37,39,43,45,60,64H,6-7,9,11-13,15,17-18,23-24,29-30,32,34-36,38,40-42,44,46-59H2,1-5H3/p+1/b10-8-,16-14-,21-19-,22-20-,27-25-,28-26-,33-31-,39-37-,45-43-. The van der Waals surface area contributed by atoms with Crippen molar-refractivity contribution in [3.63, 3.8) is 0 Å². The number of carboxylic acids is 1. The number of unbranched alkanes of at least 4 members (excludes halogenated alkanes) is 19. The quantitative estimate of drug-likeness (QED) is 0.0211. The van der Waals surface area contributed by atoms with Crippen LogP contribution in [-0.4, -0.2) is 87.4 Å². The first-order chi connectivity index (χ1) is 35.6. The van der Waals surface area contributed by atoms with Crippen LogP contribution in [0.5, 0.6) is 0 Å². The first kappa shape index (κ1) is 69.0. The lowest BCUT2D eigenvalue weighted by Crippen LogP contribution is -2.40. The number of carbonyl (C=O) groups is 3. The van der Waals surface area contributed by atoms with Crippen molar-refractivity contribution in [2.45, 2.75) is 232 Å². The summed E-state index contributed by atoms with van der Waals surface area (Å²) in [5.41, 5.74) is 0. The second-order valence-corrected chi connectivity index (χ2v) is 20.2. The minimum absolute atomic E-state index is 0.175. The van der Waals surface area contributed by atoms with E-state index in [1.807, 2.05) is 21.1 Å². The molecule has 0 aliphatic carbocycles. The summed E-state index contributed by atoms with van der Waals surface area (Å²) in [5.74, 6) is -2.06. The molecule has 0 saturated carbocycles. The number of hydrogen-bond acceptors (Lipinski definition) is 7. The molecular weight excluding hydrogens is 911 g/mol. The smallest absolute Gasteiger partial charge is 0.361 e. The minimum Gasteiger partial charge on any atom is -0.477 e. The first-order valence-electron chi connectivity index (χ1n) is 29.1. The molecule has 0 aromatic rings. The van der Waals surface area contributed by atoms with Gasteiger partial charge in [-0.2, -0.15) is 0 Å². The van der Waals surface area contributed by atoms with Gasteiger partial charge in [0, 0.05) is 12.8 Å². The summed E-state index contributed by atoms with van der Waals surface area (Å²) in [6.07, 6.45) is 71.6. The van der Waals surface area contributed by atoms with Crippen molar-refractivity contribution in [3.8, 4) is 0 Å². The lowest BCUT2D eigenvalue weighted by Gasteiger charge is -2.25. The third-order valence-corrected chi connectivity index (χ3v) is 12.0. The van der Waals surface area contributed by atoms with E-state index in [2.05, 4.69) is 123 Å². The molecule has 0 aliphatic rings. The fourth-order valence-corrected chi connectivity index (χ4v) is 7.55. The maximum Gasteiger partial charge on any atom is 0.361 e. The van der Waals surface area contributed by atoms with Gasteiger partial charge in [0.2, 0.25) is 0 Å². The highest BCUT2D eigenvalue weighted by Crippen LogP contribution is 2.14. The molecule has 9 heteroatoms. The minimum atomic E-state index is -1.53. The molecule has 1 N–H and O–H groups in total. The molecule has 0 radical (unpaired) electrons. The van der Waals surface area contributed by atoms with E-state index in [1.54, 1.807) is 0 Å². The van der Waals surface area contributed by atoms with E-state index in [4.69, 9.17) is 18.9 Å². The van der Waals surface area contributed by atoms with Crippen LogP contribution < -0.4 is 0 Å². The van der Waals surface area contributed by atoms with Crippen LogP contribution in [0.15, 0.2) is 109 Å².